The van der Waals surface area contributed by atoms with Gasteiger partial charge in [-0.2, -0.15) is 0 Å². The molecule has 0 bridgehead atoms. The molecule has 4 heterocycles. The topological polar surface area (TPSA) is 221 Å². The lowest BCUT2D eigenvalue weighted by atomic mass is 9.96. The summed E-state index contributed by atoms with van der Waals surface area (Å²) in [5, 5.41) is 73.4. The Morgan fingerprint density at radius 3 is 2.26 bits per heavy atom. The minimum atomic E-state index is -1.35. The molecule has 2 aliphatic heterocycles. The summed E-state index contributed by atoms with van der Waals surface area (Å²) in [6.07, 6.45) is -4.87. The van der Waals surface area contributed by atoms with Crippen molar-refractivity contribution < 1.29 is 50.1 Å². The molecule has 5 aromatic rings. The Balaban J connectivity index is 1.63. The number of aromatic hydroxyl groups is 2. The molecule has 7 rings (SSSR count). The molecule has 2 amide bonds. The Hall–Kier alpha value is -4.28. The fraction of sp³-hybridized carbons (Fsp3) is 0.310. The van der Waals surface area contributed by atoms with Gasteiger partial charge in [0.05, 0.1) is 65.2 Å². The van der Waals surface area contributed by atoms with Gasteiger partial charge < -0.3 is 50.0 Å². The molecule has 2 aromatic heterocycles. The summed E-state index contributed by atoms with van der Waals surface area (Å²) in [5.41, 5.74) is 4.28. The zero-order valence-corrected chi connectivity index (χ0v) is 22.4. The fourth-order valence-corrected chi connectivity index (χ4v) is 6.40. The van der Waals surface area contributed by atoms with Crippen LogP contribution in [-0.2, 0) is 4.74 Å². The van der Waals surface area contributed by atoms with Gasteiger partial charge in [0.15, 0.2) is 0 Å². The number of carbonyl (C=O) groups is 2. The van der Waals surface area contributed by atoms with E-state index < -0.39 is 62.2 Å². The van der Waals surface area contributed by atoms with E-state index in [0.717, 1.165) is 5.01 Å². The second-order valence-corrected chi connectivity index (χ2v) is 10.9. The van der Waals surface area contributed by atoms with Gasteiger partial charge in [-0.15, -0.1) is 0 Å². The maximum absolute atomic E-state index is 14.1. The number of hydrazine groups is 1. The third-order valence-corrected chi connectivity index (χ3v) is 8.36. The van der Waals surface area contributed by atoms with Crippen LogP contribution in [0.5, 0.6) is 11.5 Å². The van der Waals surface area contributed by atoms with Crippen molar-refractivity contribution in [2.75, 3.05) is 19.8 Å². The summed E-state index contributed by atoms with van der Waals surface area (Å²) >= 11 is 0. The SMILES string of the molecule is O=C1c2c(c3c4ccc(O)cc4n([C@@H]4C[C@@H](O)[C@H](O)[C@@H](CO)O4)c3c3[nH]c4cc(O)ccc4c23)C(=O)N1NC(CO)CO. The van der Waals surface area contributed by atoms with Crippen molar-refractivity contribution in [2.24, 2.45) is 0 Å². The van der Waals surface area contributed by atoms with Crippen molar-refractivity contribution in [2.45, 2.75) is 37.0 Å². The van der Waals surface area contributed by atoms with Gasteiger partial charge in [0.25, 0.3) is 11.8 Å². The maximum atomic E-state index is 14.1. The molecule has 0 aliphatic carbocycles. The number of carbonyl (C=O) groups excluding carboxylic acids is 2. The van der Waals surface area contributed by atoms with Crippen LogP contribution in [0, 0.1) is 0 Å². The Kier molecular flexibility index (Phi) is 6.33. The number of amides is 2. The number of rotatable bonds is 6. The molecule has 43 heavy (non-hydrogen) atoms. The minimum absolute atomic E-state index is 0.0214. The minimum Gasteiger partial charge on any atom is -0.508 e. The third-order valence-electron chi connectivity index (χ3n) is 8.36. The van der Waals surface area contributed by atoms with Crippen LogP contribution in [0.15, 0.2) is 36.4 Å². The van der Waals surface area contributed by atoms with Crippen LogP contribution in [0.25, 0.3) is 43.6 Å². The van der Waals surface area contributed by atoms with Crippen molar-refractivity contribution in [1.82, 2.24) is 20.0 Å². The highest BCUT2D eigenvalue weighted by Gasteiger charge is 2.44. The predicted octanol–water partition coefficient (Wildman–Crippen LogP) is 0.296. The summed E-state index contributed by atoms with van der Waals surface area (Å²) in [6, 6.07) is 7.96. The van der Waals surface area contributed by atoms with E-state index in [1.54, 1.807) is 16.7 Å². The molecule has 1 fully saturated rings. The van der Waals surface area contributed by atoms with Crippen LogP contribution in [0.2, 0.25) is 0 Å². The number of benzene rings is 3. The molecular formula is C29H28N4O10. The normalized spacial score (nSPS) is 22.7. The largest absolute Gasteiger partial charge is 0.508 e. The summed E-state index contributed by atoms with van der Waals surface area (Å²) < 4.78 is 7.72. The van der Waals surface area contributed by atoms with Gasteiger partial charge in [0.1, 0.15) is 29.9 Å². The first kappa shape index (κ1) is 27.5. The highest BCUT2D eigenvalue weighted by molar-refractivity contribution is 6.39. The van der Waals surface area contributed by atoms with Gasteiger partial charge in [-0.1, -0.05) is 0 Å². The maximum Gasteiger partial charge on any atom is 0.276 e. The number of imide groups is 1. The number of hydrogen-bond acceptors (Lipinski definition) is 11. The number of aliphatic hydroxyl groups is 5. The number of nitrogens with one attached hydrogen (secondary N) is 2. The van der Waals surface area contributed by atoms with E-state index in [1.807, 2.05) is 0 Å². The highest BCUT2D eigenvalue weighted by atomic mass is 16.5. The molecule has 0 spiro atoms. The molecule has 9 N–H and O–H groups in total. The monoisotopic (exact) mass is 592 g/mol. The first-order valence-electron chi connectivity index (χ1n) is 13.6. The number of ether oxygens (including phenoxy) is 1. The average molecular weight is 593 g/mol. The summed E-state index contributed by atoms with van der Waals surface area (Å²) in [5.74, 6) is -1.62. The average Bonchev–Trinajstić information content (AvgIpc) is 3.60. The van der Waals surface area contributed by atoms with E-state index >= 15 is 0 Å². The Bertz CT molecular complexity index is 1960. The van der Waals surface area contributed by atoms with Crippen molar-refractivity contribution >= 4 is 55.4 Å². The Labute approximate surface area is 241 Å². The lowest BCUT2D eigenvalue weighted by Gasteiger charge is -2.37. The Morgan fingerprint density at radius 1 is 0.930 bits per heavy atom. The first-order valence-corrected chi connectivity index (χ1v) is 13.6. The second-order valence-electron chi connectivity index (χ2n) is 10.9. The molecule has 224 valence electrons. The van der Waals surface area contributed by atoms with Gasteiger partial charge in [0.2, 0.25) is 0 Å². The van der Waals surface area contributed by atoms with Crippen LogP contribution in [-0.4, -0.2) is 106 Å². The molecule has 3 aromatic carbocycles. The van der Waals surface area contributed by atoms with Gasteiger partial charge in [-0.25, -0.2) is 10.4 Å². The molecule has 0 unspecified atom stereocenters. The summed E-state index contributed by atoms with van der Waals surface area (Å²) in [6.45, 7) is -1.70. The number of aromatic amines is 1. The molecule has 4 atom stereocenters. The van der Waals surface area contributed by atoms with Gasteiger partial charge in [-0.05, 0) is 24.3 Å². The Morgan fingerprint density at radius 2 is 1.58 bits per heavy atom. The van der Waals surface area contributed by atoms with E-state index in [1.165, 1.54) is 24.3 Å². The summed E-state index contributed by atoms with van der Waals surface area (Å²) in [7, 11) is 0. The van der Waals surface area contributed by atoms with Crippen LogP contribution in [0.1, 0.15) is 33.4 Å². The third kappa shape index (κ3) is 3.86. The van der Waals surface area contributed by atoms with E-state index in [-0.39, 0.29) is 29.0 Å². The van der Waals surface area contributed by atoms with Gasteiger partial charge in [0, 0.05) is 40.1 Å². The molecular weight excluding hydrogens is 564 g/mol. The summed E-state index contributed by atoms with van der Waals surface area (Å²) in [4.78, 5) is 31.3. The number of fused-ring (bicyclic) bond motifs is 10. The van der Waals surface area contributed by atoms with Crippen LogP contribution >= 0.6 is 0 Å². The van der Waals surface area contributed by atoms with Gasteiger partial charge in [-0.3, -0.25) is 9.59 Å². The number of H-pyrrole nitrogens is 1. The molecule has 0 radical (unpaired) electrons. The first-order chi connectivity index (χ1) is 20.7. The lowest BCUT2D eigenvalue weighted by molar-refractivity contribution is -0.198. The van der Waals surface area contributed by atoms with E-state index in [2.05, 4.69) is 10.4 Å². The van der Waals surface area contributed by atoms with Crippen molar-refractivity contribution in [1.29, 1.82) is 0 Å². The smallest absolute Gasteiger partial charge is 0.276 e. The van der Waals surface area contributed by atoms with Crippen LogP contribution in [0.4, 0.5) is 0 Å². The molecule has 2 aliphatic rings. The number of hydrogen-bond donors (Lipinski definition) is 9. The van der Waals surface area contributed by atoms with E-state index in [9.17, 15) is 45.3 Å². The van der Waals surface area contributed by atoms with E-state index in [0.29, 0.717) is 43.6 Å². The van der Waals surface area contributed by atoms with Crippen molar-refractivity contribution in [3.8, 4) is 11.5 Å². The molecule has 14 nitrogen and oxygen atoms in total. The van der Waals surface area contributed by atoms with Crippen molar-refractivity contribution in [3.63, 3.8) is 0 Å². The fourth-order valence-electron chi connectivity index (χ4n) is 6.40. The predicted molar refractivity (Wildman–Crippen MR) is 151 cm³/mol. The number of aromatic nitrogens is 2. The zero-order chi connectivity index (χ0) is 30.3. The van der Waals surface area contributed by atoms with Crippen molar-refractivity contribution in [3.05, 3.63) is 47.5 Å². The molecule has 14 heteroatoms. The van der Waals surface area contributed by atoms with Gasteiger partial charge >= 0.3 is 0 Å². The number of phenolic OH excluding ortho intramolecular Hbond substituents is 2. The second kappa shape index (κ2) is 9.89. The number of phenols is 2. The highest BCUT2D eigenvalue weighted by Crippen LogP contribution is 2.47. The molecule has 1 saturated heterocycles. The van der Waals surface area contributed by atoms with Crippen LogP contribution < -0.4 is 5.43 Å². The quantitative estimate of drug-likeness (QED) is 0.122. The number of aliphatic hydroxyl groups excluding tert-OH is 5. The zero-order valence-electron chi connectivity index (χ0n) is 22.4. The van der Waals surface area contributed by atoms with Crippen LogP contribution in [0.3, 0.4) is 0 Å². The lowest BCUT2D eigenvalue weighted by Crippen LogP contribution is -2.50. The standard InChI is InChI=1S/C29H28N4O10/c34-8-11(9-35)31-33-28(41)23-21-14-3-1-12(37)5-16(14)30-25(21)26-22(24(23)29(33)42)15-4-2-13(38)6-17(15)32(26)20-7-18(39)27(40)19(10-36)43-20/h1-6,11,18-20,27,30-31,34-40H,7-10H2/t18-,19-,20+,27+/m1/s1. The molecule has 0 saturated carbocycles. The number of nitrogens with zero attached hydrogens (tertiary/aromatic N) is 2. The van der Waals surface area contributed by atoms with E-state index in [4.69, 9.17) is 4.74 Å².